The number of aromatic nitrogens is 3. The molecule has 122 valence electrons. The topological polar surface area (TPSA) is 70.7 Å². The molecule has 0 radical (unpaired) electrons. The second kappa shape index (κ2) is 8.15. The van der Waals surface area contributed by atoms with Gasteiger partial charge in [-0.2, -0.15) is 10.3 Å². The van der Waals surface area contributed by atoms with Crippen molar-refractivity contribution in [1.29, 1.82) is 0 Å². The normalized spacial score (nSPS) is 17.4. The molecule has 23 heavy (non-hydrogen) atoms. The number of H-pyrrole nitrogens is 1. The number of nitrogens with zero attached hydrogens (tertiary/aromatic N) is 2. The molecule has 1 aliphatic rings. The Balaban J connectivity index is 1.72. The molecular weight excluding hydrogens is 308 g/mol. The second-order valence-electron chi connectivity index (χ2n) is 5.91. The van der Waals surface area contributed by atoms with E-state index < -0.39 is 0 Å². The van der Waals surface area contributed by atoms with E-state index in [1.54, 1.807) is 6.20 Å². The average molecular weight is 330 g/mol. The average Bonchev–Trinajstić information content (AvgIpc) is 2.97. The standard InChI is InChI=1S/C17H22N4OS/c22-17(19-14-10-6-1-2-7-11-14)16(13-8-4-3-5-9-13)23-15-12-18-21-20-15/h3-5,8-9,12,14,16H,1-2,6-7,10-11H2,(H,19,22)(H,18,20,21)/t16-/m1/s1. The Bertz CT molecular complexity index is 594. The monoisotopic (exact) mass is 330 g/mol. The molecule has 6 heteroatoms. The molecule has 0 aliphatic heterocycles. The highest BCUT2D eigenvalue weighted by atomic mass is 32.2. The number of thioether (sulfide) groups is 1. The molecule has 0 bridgehead atoms. The molecule has 0 spiro atoms. The van der Waals surface area contributed by atoms with E-state index in [0.29, 0.717) is 6.04 Å². The van der Waals surface area contributed by atoms with Gasteiger partial charge in [0.2, 0.25) is 5.91 Å². The third kappa shape index (κ3) is 4.58. The Kier molecular flexibility index (Phi) is 5.69. The van der Waals surface area contributed by atoms with Crippen molar-refractivity contribution in [1.82, 2.24) is 20.7 Å². The summed E-state index contributed by atoms with van der Waals surface area (Å²) in [5.74, 6) is 0.0658. The molecule has 1 heterocycles. The van der Waals surface area contributed by atoms with Crippen molar-refractivity contribution in [3.8, 4) is 0 Å². The lowest BCUT2D eigenvalue weighted by atomic mass is 10.1. The summed E-state index contributed by atoms with van der Waals surface area (Å²) in [6.45, 7) is 0. The van der Waals surface area contributed by atoms with Crippen LogP contribution in [0.15, 0.2) is 41.6 Å². The molecule has 1 fully saturated rings. The summed E-state index contributed by atoms with van der Waals surface area (Å²) < 4.78 is 0. The predicted molar refractivity (Wildman–Crippen MR) is 91.1 cm³/mol. The molecule has 0 saturated heterocycles. The SMILES string of the molecule is O=C(NC1CCCCCC1)[C@H](Sc1cn[nH]n1)c1ccccc1. The molecule has 3 rings (SSSR count). The largest absolute Gasteiger partial charge is 0.352 e. The molecule has 2 aromatic rings. The van der Waals surface area contributed by atoms with Crippen LogP contribution in [0.4, 0.5) is 0 Å². The highest BCUT2D eigenvalue weighted by Gasteiger charge is 2.25. The Morgan fingerprint density at radius 3 is 2.57 bits per heavy atom. The second-order valence-corrected chi connectivity index (χ2v) is 7.04. The minimum atomic E-state index is -0.301. The molecule has 1 amide bonds. The molecule has 0 unspecified atom stereocenters. The van der Waals surface area contributed by atoms with E-state index in [2.05, 4.69) is 20.7 Å². The van der Waals surface area contributed by atoms with Crippen LogP contribution in [0.3, 0.4) is 0 Å². The Labute approximate surface area is 140 Å². The van der Waals surface area contributed by atoms with Crippen LogP contribution in [0, 0.1) is 0 Å². The highest BCUT2D eigenvalue weighted by molar-refractivity contribution is 8.00. The third-order valence-corrected chi connectivity index (χ3v) is 5.33. The zero-order chi connectivity index (χ0) is 15.9. The van der Waals surface area contributed by atoms with E-state index in [9.17, 15) is 4.79 Å². The van der Waals surface area contributed by atoms with Gasteiger partial charge in [0.05, 0.1) is 6.20 Å². The van der Waals surface area contributed by atoms with Crippen molar-refractivity contribution in [2.75, 3.05) is 0 Å². The van der Waals surface area contributed by atoms with Gasteiger partial charge in [0.15, 0.2) is 0 Å². The van der Waals surface area contributed by atoms with Gasteiger partial charge < -0.3 is 5.32 Å². The first-order valence-corrected chi connectivity index (χ1v) is 9.08. The molecule has 1 aromatic carbocycles. The van der Waals surface area contributed by atoms with E-state index >= 15 is 0 Å². The van der Waals surface area contributed by atoms with Crippen molar-refractivity contribution in [3.05, 3.63) is 42.1 Å². The maximum Gasteiger partial charge on any atom is 0.238 e. The van der Waals surface area contributed by atoms with E-state index in [0.717, 1.165) is 23.4 Å². The van der Waals surface area contributed by atoms with Gasteiger partial charge in [-0.05, 0) is 18.4 Å². The van der Waals surface area contributed by atoms with Crippen LogP contribution < -0.4 is 5.32 Å². The maximum atomic E-state index is 12.9. The smallest absolute Gasteiger partial charge is 0.238 e. The van der Waals surface area contributed by atoms with Crippen LogP contribution in [0.25, 0.3) is 0 Å². The Hall–Kier alpha value is -1.82. The Morgan fingerprint density at radius 2 is 1.91 bits per heavy atom. The minimum Gasteiger partial charge on any atom is -0.352 e. The zero-order valence-corrected chi connectivity index (χ0v) is 13.9. The number of carbonyl (C=O) groups is 1. The van der Waals surface area contributed by atoms with Crippen molar-refractivity contribution in [3.63, 3.8) is 0 Å². The summed E-state index contributed by atoms with van der Waals surface area (Å²) in [4.78, 5) is 12.9. The number of carbonyl (C=O) groups excluding carboxylic acids is 1. The summed E-state index contributed by atoms with van der Waals surface area (Å²) >= 11 is 1.43. The van der Waals surface area contributed by atoms with E-state index in [1.165, 1.54) is 37.4 Å². The van der Waals surface area contributed by atoms with Gasteiger partial charge in [0.25, 0.3) is 0 Å². The number of hydrogen-bond donors (Lipinski definition) is 2. The first-order chi connectivity index (χ1) is 11.3. The van der Waals surface area contributed by atoms with Gasteiger partial charge >= 0.3 is 0 Å². The molecule has 1 aliphatic carbocycles. The predicted octanol–water partition coefficient (Wildman–Crippen LogP) is 3.48. The van der Waals surface area contributed by atoms with E-state index in [4.69, 9.17) is 0 Å². The number of aromatic amines is 1. The lowest BCUT2D eigenvalue weighted by molar-refractivity contribution is -0.121. The fourth-order valence-corrected chi connectivity index (χ4v) is 3.89. The van der Waals surface area contributed by atoms with Gasteiger partial charge in [-0.1, -0.05) is 67.8 Å². The number of nitrogens with one attached hydrogen (secondary N) is 2. The van der Waals surface area contributed by atoms with Gasteiger partial charge in [-0.3, -0.25) is 4.79 Å². The van der Waals surface area contributed by atoms with Gasteiger partial charge in [-0.25, -0.2) is 0 Å². The fourth-order valence-electron chi connectivity index (χ4n) is 2.97. The summed E-state index contributed by atoms with van der Waals surface area (Å²) in [6, 6.07) is 10.2. The molecular formula is C17H22N4OS. The first-order valence-electron chi connectivity index (χ1n) is 8.20. The molecule has 2 N–H and O–H groups in total. The molecule has 1 saturated carbocycles. The number of benzene rings is 1. The fraction of sp³-hybridized carbons (Fsp3) is 0.471. The van der Waals surface area contributed by atoms with Gasteiger partial charge in [0, 0.05) is 6.04 Å². The summed E-state index contributed by atoms with van der Waals surface area (Å²) in [6.07, 6.45) is 8.79. The quantitative estimate of drug-likeness (QED) is 0.650. The number of rotatable bonds is 5. The van der Waals surface area contributed by atoms with E-state index in [-0.39, 0.29) is 11.2 Å². The highest BCUT2D eigenvalue weighted by Crippen LogP contribution is 2.34. The summed E-state index contributed by atoms with van der Waals surface area (Å²) in [7, 11) is 0. The summed E-state index contributed by atoms with van der Waals surface area (Å²) in [5, 5.41) is 14.2. The molecule has 1 aromatic heterocycles. The third-order valence-electron chi connectivity index (χ3n) is 4.17. The molecule has 1 atom stereocenters. The maximum absolute atomic E-state index is 12.9. The van der Waals surface area contributed by atoms with Crippen molar-refractivity contribution >= 4 is 17.7 Å². The van der Waals surface area contributed by atoms with Gasteiger partial charge in [-0.15, -0.1) is 5.10 Å². The first kappa shape index (κ1) is 16.1. The number of hydrogen-bond acceptors (Lipinski definition) is 4. The van der Waals surface area contributed by atoms with E-state index in [1.807, 2.05) is 30.3 Å². The lowest BCUT2D eigenvalue weighted by Gasteiger charge is -2.21. The van der Waals surface area contributed by atoms with Crippen LogP contribution in [0.2, 0.25) is 0 Å². The number of amides is 1. The van der Waals surface area contributed by atoms with Crippen LogP contribution in [0.5, 0.6) is 0 Å². The van der Waals surface area contributed by atoms with Gasteiger partial charge in [0.1, 0.15) is 10.3 Å². The van der Waals surface area contributed by atoms with Crippen LogP contribution in [0.1, 0.15) is 49.3 Å². The zero-order valence-electron chi connectivity index (χ0n) is 13.1. The Morgan fingerprint density at radius 1 is 1.17 bits per heavy atom. The summed E-state index contributed by atoms with van der Waals surface area (Å²) in [5.41, 5.74) is 0.992. The molecule has 5 nitrogen and oxygen atoms in total. The van der Waals surface area contributed by atoms with Crippen molar-refractivity contribution in [2.24, 2.45) is 0 Å². The van der Waals surface area contributed by atoms with Crippen molar-refractivity contribution in [2.45, 2.75) is 54.8 Å². The van der Waals surface area contributed by atoms with Crippen LogP contribution in [-0.2, 0) is 4.79 Å². The van der Waals surface area contributed by atoms with Crippen molar-refractivity contribution < 1.29 is 4.79 Å². The van der Waals surface area contributed by atoms with Crippen LogP contribution >= 0.6 is 11.8 Å². The van der Waals surface area contributed by atoms with Crippen LogP contribution in [-0.4, -0.2) is 27.4 Å². The minimum absolute atomic E-state index is 0.0658. The lowest BCUT2D eigenvalue weighted by Crippen LogP contribution is -2.37.